The summed E-state index contributed by atoms with van der Waals surface area (Å²) in [6.07, 6.45) is 0. The first kappa shape index (κ1) is 19.4. The SMILES string of the molecule is C[Si](C)(C)OP(=O)(O[Si](C)(C)C)C(O)C(Cl)(Cl)Cl. The molecule has 0 aromatic heterocycles. The van der Waals surface area contributed by atoms with Gasteiger partial charge in [0.1, 0.15) is 0 Å². The predicted molar refractivity (Wildman–Crippen MR) is 82.8 cm³/mol. The molecule has 1 N–H and O–H groups in total. The van der Waals surface area contributed by atoms with Gasteiger partial charge in [-0.1, -0.05) is 34.8 Å². The molecule has 0 aliphatic heterocycles. The highest BCUT2D eigenvalue weighted by atomic mass is 35.6. The normalized spacial score (nSPS) is 16.8. The molecule has 0 saturated heterocycles. The predicted octanol–water partition coefficient (Wildman–Crippen LogP) is 4.57. The van der Waals surface area contributed by atoms with Gasteiger partial charge in [0, 0.05) is 0 Å². The van der Waals surface area contributed by atoms with Crippen molar-refractivity contribution in [1.29, 1.82) is 0 Å². The monoisotopic (exact) mass is 372 g/mol. The summed E-state index contributed by atoms with van der Waals surface area (Å²) in [5.74, 6) is -1.80. The molecule has 0 amide bonds. The van der Waals surface area contributed by atoms with Crippen LogP contribution >= 0.6 is 42.4 Å². The molecule has 110 valence electrons. The molecule has 10 heteroatoms. The first-order chi connectivity index (χ1) is 7.57. The van der Waals surface area contributed by atoms with Gasteiger partial charge in [0.25, 0.3) is 0 Å². The zero-order valence-electron chi connectivity index (χ0n) is 11.3. The maximum absolute atomic E-state index is 12.7. The summed E-state index contributed by atoms with van der Waals surface area (Å²) in [6, 6.07) is 0. The van der Waals surface area contributed by atoms with Gasteiger partial charge >= 0.3 is 7.60 Å². The van der Waals surface area contributed by atoms with Gasteiger partial charge in [-0.25, -0.2) is 0 Å². The standard InChI is InChI=1S/C8H20Cl3O4PSi2/c1-17(2,3)14-16(13,15-18(4,5)6)7(12)8(9,10)11/h7,12H,1-6H3. The molecule has 4 nitrogen and oxygen atoms in total. The highest BCUT2D eigenvalue weighted by Crippen LogP contribution is 2.61. The minimum absolute atomic E-state index is 1.80. The Morgan fingerprint density at radius 1 is 1.00 bits per heavy atom. The minimum atomic E-state index is -3.89. The number of hydrogen-bond donors (Lipinski definition) is 1. The second kappa shape index (κ2) is 6.04. The van der Waals surface area contributed by atoms with Crippen molar-refractivity contribution in [2.45, 2.75) is 48.9 Å². The Kier molecular flexibility index (Phi) is 6.51. The largest absolute Gasteiger partial charge is 0.377 e. The fourth-order valence-electron chi connectivity index (χ4n) is 1.06. The van der Waals surface area contributed by atoms with E-state index in [9.17, 15) is 9.67 Å². The molecule has 0 radical (unpaired) electrons. The molecule has 18 heavy (non-hydrogen) atoms. The van der Waals surface area contributed by atoms with Gasteiger partial charge in [0.15, 0.2) is 16.6 Å². The topological polar surface area (TPSA) is 55.8 Å². The van der Waals surface area contributed by atoms with Gasteiger partial charge in [-0.2, -0.15) is 0 Å². The molecule has 1 unspecified atom stereocenters. The van der Waals surface area contributed by atoms with Crippen LogP contribution in [0.1, 0.15) is 0 Å². The molecule has 0 fully saturated rings. The summed E-state index contributed by atoms with van der Waals surface area (Å²) >= 11 is 16.8. The number of aliphatic hydroxyl groups is 1. The van der Waals surface area contributed by atoms with Gasteiger partial charge in [-0.15, -0.1) is 0 Å². The summed E-state index contributed by atoms with van der Waals surface area (Å²) in [5, 5.41) is 9.97. The highest BCUT2D eigenvalue weighted by molar-refractivity contribution is 7.58. The van der Waals surface area contributed by atoms with Crippen molar-refractivity contribution in [3.05, 3.63) is 0 Å². The number of halogens is 3. The van der Waals surface area contributed by atoms with E-state index >= 15 is 0 Å². The molecule has 0 aromatic carbocycles. The minimum Gasteiger partial charge on any atom is -0.377 e. The molecule has 0 rings (SSSR count). The van der Waals surface area contributed by atoms with Gasteiger partial charge < -0.3 is 13.5 Å². The van der Waals surface area contributed by atoms with Crippen molar-refractivity contribution >= 4 is 59.0 Å². The molecule has 0 aliphatic rings. The first-order valence-corrected chi connectivity index (χ1v) is 14.9. The molecular weight excluding hydrogens is 354 g/mol. The van der Waals surface area contributed by atoms with Crippen molar-refractivity contribution in [3.8, 4) is 0 Å². The van der Waals surface area contributed by atoms with Crippen molar-refractivity contribution in [3.63, 3.8) is 0 Å². The summed E-state index contributed by atoms with van der Waals surface area (Å²) in [5.41, 5.74) is 0. The van der Waals surface area contributed by atoms with Crippen LogP contribution in [0.25, 0.3) is 0 Å². The Bertz CT molecular complexity index is 315. The molecule has 0 saturated carbocycles. The molecular formula is C8H20Cl3O4PSi2. The fraction of sp³-hybridized carbons (Fsp3) is 1.00. The van der Waals surface area contributed by atoms with Crippen LogP contribution in [0.4, 0.5) is 0 Å². The van der Waals surface area contributed by atoms with E-state index in [0.717, 1.165) is 0 Å². The van der Waals surface area contributed by atoms with E-state index in [-0.39, 0.29) is 0 Å². The summed E-state index contributed by atoms with van der Waals surface area (Å²) in [4.78, 5) is 0. The third kappa shape index (κ3) is 7.26. The fourth-order valence-corrected chi connectivity index (χ4v) is 9.89. The quantitative estimate of drug-likeness (QED) is 0.435. The van der Waals surface area contributed by atoms with Gasteiger partial charge in [-0.05, 0) is 39.3 Å². The Balaban J connectivity index is 5.37. The molecule has 0 spiro atoms. The van der Waals surface area contributed by atoms with Crippen molar-refractivity contribution in [2.24, 2.45) is 0 Å². The average Bonchev–Trinajstić information content (AvgIpc) is 1.92. The van der Waals surface area contributed by atoms with E-state index in [0.29, 0.717) is 0 Å². The Labute approximate surface area is 126 Å². The molecule has 0 aliphatic carbocycles. The molecule has 0 bridgehead atoms. The lowest BCUT2D eigenvalue weighted by atomic mass is 10.8. The number of hydrogen-bond acceptors (Lipinski definition) is 4. The van der Waals surface area contributed by atoms with Crippen LogP contribution in [0.5, 0.6) is 0 Å². The summed E-state index contributed by atoms with van der Waals surface area (Å²) in [6.45, 7) is 10.9. The molecule has 0 heterocycles. The average molecular weight is 374 g/mol. The Hall–Kier alpha value is 1.41. The third-order valence-electron chi connectivity index (χ3n) is 1.39. The lowest BCUT2D eigenvalue weighted by Crippen LogP contribution is -2.37. The Morgan fingerprint density at radius 3 is 1.44 bits per heavy atom. The Morgan fingerprint density at radius 2 is 1.28 bits per heavy atom. The van der Waals surface area contributed by atoms with E-state index in [1.54, 1.807) is 0 Å². The van der Waals surface area contributed by atoms with Gasteiger partial charge in [-0.3, -0.25) is 4.57 Å². The van der Waals surface area contributed by atoms with Crippen LogP contribution in [0.2, 0.25) is 39.3 Å². The smallest absolute Gasteiger partial charge is 0.344 e. The highest BCUT2D eigenvalue weighted by Gasteiger charge is 2.51. The third-order valence-corrected chi connectivity index (χ3v) is 9.88. The lowest BCUT2D eigenvalue weighted by Gasteiger charge is -2.35. The maximum atomic E-state index is 12.7. The molecule has 0 aromatic rings. The second-order valence-electron chi connectivity index (χ2n) is 5.86. The zero-order chi connectivity index (χ0) is 15.0. The van der Waals surface area contributed by atoms with E-state index in [4.69, 9.17) is 43.2 Å². The number of alkyl halides is 3. The van der Waals surface area contributed by atoms with E-state index < -0.39 is 33.9 Å². The maximum Gasteiger partial charge on any atom is 0.344 e. The zero-order valence-corrected chi connectivity index (χ0v) is 16.5. The van der Waals surface area contributed by atoms with E-state index in [2.05, 4.69) is 0 Å². The summed E-state index contributed by atoms with van der Waals surface area (Å²) in [7, 11) is -8.36. The number of rotatable bonds is 5. The number of aliphatic hydroxyl groups excluding tert-OH is 1. The van der Waals surface area contributed by atoms with Crippen LogP contribution in [0.3, 0.4) is 0 Å². The van der Waals surface area contributed by atoms with E-state index in [1.807, 2.05) is 39.3 Å². The van der Waals surface area contributed by atoms with Crippen LogP contribution in [0, 0.1) is 0 Å². The van der Waals surface area contributed by atoms with Gasteiger partial charge in [0.05, 0.1) is 0 Å². The molecule has 1 atom stereocenters. The van der Waals surface area contributed by atoms with E-state index in [1.165, 1.54) is 0 Å². The van der Waals surface area contributed by atoms with Crippen molar-refractivity contribution in [2.75, 3.05) is 0 Å². The second-order valence-corrected chi connectivity index (χ2v) is 19.7. The van der Waals surface area contributed by atoms with Crippen LogP contribution in [-0.4, -0.2) is 31.4 Å². The van der Waals surface area contributed by atoms with Crippen molar-refractivity contribution < 1.29 is 18.1 Å². The lowest BCUT2D eigenvalue weighted by molar-refractivity contribution is 0.210. The van der Waals surface area contributed by atoms with Crippen molar-refractivity contribution in [1.82, 2.24) is 0 Å². The van der Waals surface area contributed by atoms with Crippen LogP contribution in [-0.2, 0) is 13.0 Å². The van der Waals surface area contributed by atoms with Gasteiger partial charge in [0.2, 0.25) is 9.64 Å². The first-order valence-electron chi connectivity index (χ1n) is 5.33. The summed E-state index contributed by atoms with van der Waals surface area (Å²) < 4.78 is 21.6. The van der Waals surface area contributed by atoms with Crippen LogP contribution in [0.15, 0.2) is 0 Å². The van der Waals surface area contributed by atoms with Crippen LogP contribution < -0.4 is 0 Å².